The SMILES string of the molecule is CC[N+]1(CCC[Si](OC)(OC)OC)CCCCC1.O=S(=O)([N-]S(=O)(=O)C(F)(F)F)C(F)(F)F. The fourth-order valence-corrected chi connectivity index (χ4v) is 6.69. The minimum atomic E-state index is -6.72. The average Bonchev–Trinajstić information content (AvgIpc) is 2.70. The number of piperidine rings is 1. The van der Waals surface area contributed by atoms with Crippen molar-refractivity contribution < 1.29 is 60.9 Å². The number of nitrogens with zero attached hydrogens (tertiary/aromatic N) is 2. The number of hydrogen-bond donors (Lipinski definition) is 0. The molecule has 0 aromatic rings. The lowest BCUT2D eigenvalue weighted by Crippen LogP contribution is -2.52. The van der Waals surface area contributed by atoms with E-state index in [2.05, 4.69) is 6.92 Å². The number of sulfonamides is 2. The monoisotopic (exact) mass is 556 g/mol. The minimum Gasteiger partial charge on any atom is -0.421 e. The summed E-state index contributed by atoms with van der Waals surface area (Å²) in [6.45, 7) is 7.50. The lowest BCUT2D eigenvalue weighted by atomic mass is 10.1. The molecule has 1 fully saturated rings. The number of halogens is 6. The van der Waals surface area contributed by atoms with Gasteiger partial charge in [0.25, 0.3) is 0 Å². The molecule has 1 saturated heterocycles. The summed E-state index contributed by atoms with van der Waals surface area (Å²) in [5.74, 6) is 0. The lowest BCUT2D eigenvalue weighted by Gasteiger charge is -2.41. The van der Waals surface area contributed by atoms with E-state index in [4.69, 9.17) is 13.3 Å². The second-order valence-corrected chi connectivity index (χ2v) is 13.7. The normalized spacial score (nSPS) is 17.9. The van der Waals surface area contributed by atoms with Crippen LogP contribution in [0.4, 0.5) is 26.3 Å². The molecule has 1 heterocycles. The highest BCUT2D eigenvalue weighted by atomic mass is 32.3. The molecule has 200 valence electrons. The number of rotatable bonds is 10. The Hall–Kier alpha value is -0.503. The van der Waals surface area contributed by atoms with Crippen LogP contribution in [0.15, 0.2) is 0 Å². The molecule has 0 unspecified atom stereocenters. The molecule has 0 aromatic carbocycles. The van der Waals surface area contributed by atoms with Crippen molar-refractivity contribution in [2.24, 2.45) is 0 Å². The highest BCUT2D eigenvalue weighted by molar-refractivity contribution is 8.13. The maximum absolute atomic E-state index is 11.4. The Labute approximate surface area is 191 Å². The summed E-state index contributed by atoms with van der Waals surface area (Å²) in [6.07, 6.45) is 5.31. The van der Waals surface area contributed by atoms with E-state index in [1.165, 1.54) is 49.9 Å². The fourth-order valence-electron chi connectivity index (χ4n) is 3.28. The van der Waals surface area contributed by atoms with Gasteiger partial charge in [0.15, 0.2) is 20.0 Å². The number of likely N-dealkylation sites (tertiary alicyclic amines) is 1. The third kappa shape index (κ3) is 9.58. The minimum absolute atomic E-state index is 0.778. The van der Waals surface area contributed by atoms with Crippen molar-refractivity contribution in [2.75, 3.05) is 47.5 Å². The van der Waals surface area contributed by atoms with Gasteiger partial charge in [0.1, 0.15) is 0 Å². The molecule has 0 N–H and O–H groups in total. The van der Waals surface area contributed by atoms with Crippen molar-refractivity contribution in [2.45, 2.75) is 49.7 Å². The Bertz CT molecular complexity index is 746. The Kier molecular flexibility index (Phi) is 12.3. The molecule has 18 heteroatoms. The molecule has 0 aliphatic carbocycles. The zero-order valence-electron chi connectivity index (χ0n) is 18.7. The largest absolute Gasteiger partial charge is 0.500 e. The molecular formula is C15H30F6N2O7S2Si. The van der Waals surface area contributed by atoms with Crippen LogP contribution in [-0.2, 0) is 33.3 Å². The van der Waals surface area contributed by atoms with Crippen LogP contribution in [0, 0.1) is 0 Å². The zero-order chi connectivity index (χ0) is 26.2. The molecule has 1 aliphatic rings. The van der Waals surface area contributed by atoms with Gasteiger partial charge in [-0.1, -0.05) is 0 Å². The van der Waals surface area contributed by atoms with Crippen LogP contribution in [0.2, 0.25) is 6.04 Å². The number of hydrogen-bond acceptors (Lipinski definition) is 7. The second-order valence-electron chi connectivity index (χ2n) is 7.20. The topological polar surface area (TPSA) is 110 Å². The third-order valence-electron chi connectivity index (χ3n) is 5.27. The van der Waals surface area contributed by atoms with Crippen LogP contribution in [0.25, 0.3) is 4.13 Å². The van der Waals surface area contributed by atoms with E-state index in [9.17, 15) is 43.2 Å². The maximum Gasteiger partial charge on any atom is 0.500 e. The van der Waals surface area contributed by atoms with E-state index in [0.29, 0.717) is 0 Å². The van der Waals surface area contributed by atoms with Crippen molar-refractivity contribution in [3.8, 4) is 0 Å². The molecule has 1 rings (SSSR count). The first-order chi connectivity index (χ1) is 14.9. The summed E-state index contributed by atoms with van der Waals surface area (Å²) in [7, 11) is -10.7. The van der Waals surface area contributed by atoms with Gasteiger partial charge in [-0.3, -0.25) is 0 Å². The first-order valence-corrected chi connectivity index (χ1v) is 14.5. The summed E-state index contributed by atoms with van der Waals surface area (Å²) in [6, 6.07) is 0.927. The maximum atomic E-state index is 11.4. The Morgan fingerprint density at radius 2 is 1.21 bits per heavy atom. The summed E-state index contributed by atoms with van der Waals surface area (Å²) in [4.78, 5) is 0. The quantitative estimate of drug-likeness (QED) is 0.231. The summed E-state index contributed by atoms with van der Waals surface area (Å²) in [5.41, 5.74) is -12.4. The molecule has 0 radical (unpaired) electrons. The lowest BCUT2D eigenvalue weighted by molar-refractivity contribution is -0.930. The van der Waals surface area contributed by atoms with Gasteiger partial charge in [0.05, 0.1) is 26.2 Å². The standard InChI is InChI=1S/C13H30NO3Si.C2F6NO4S2/c1-5-14(10-7-6-8-11-14)12-9-13-18(15-2,16-3)17-4;3-1(4,5)14(10,11)9-15(12,13)2(6,7)8/h5-13H2,1-4H3;/q+1;-1. The molecule has 0 saturated carbocycles. The van der Waals surface area contributed by atoms with Gasteiger partial charge in [0.2, 0.25) is 0 Å². The molecule has 0 bridgehead atoms. The summed E-state index contributed by atoms with van der Waals surface area (Å²) in [5, 5.41) is 0. The Balaban J connectivity index is 0.000000633. The predicted molar refractivity (Wildman–Crippen MR) is 109 cm³/mol. The highest BCUT2D eigenvalue weighted by Crippen LogP contribution is 2.36. The molecule has 0 aromatic heterocycles. The molecule has 1 aliphatic heterocycles. The van der Waals surface area contributed by atoms with Gasteiger partial charge in [0, 0.05) is 33.8 Å². The molecule has 33 heavy (non-hydrogen) atoms. The summed E-state index contributed by atoms with van der Waals surface area (Å²) >= 11 is 0. The smallest absolute Gasteiger partial charge is 0.421 e. The first kappa shape index (κ1) is 32.5. The fraction of sp³-hybridized carbons (Fsp3) is 1.00. The van der Waals surface area contributed by atoms with Crippen LogP contribution < -0.4 is 0 Å². The van der Waals surface area contributed by atoms with E-state index in [-0.39, 0.29) is 0 Å². The van der Waals surface area contributed by atoms with Gasteiger partial charge in [-0.15, -0.1) is 0 Å². The molecule has 0 spiro atoms. The van der Waals surface area contributed by atoms with Crippen LogP contribution in [0.1, 0.15) is 32.6 Å². The molecule has 0 amide bonds. The van der Waals surface area contributed by atoms with E-state index >= 15 is 0 Å². The Morgan fingerprint density at radius 1 is 0.818 bits per heavy atom. The number of alkyl halides is 6. The van der Waals surface area contributed by atoms with Gasteiger partial charge in [-0.05, 0) is 26.2 Å². The number of quaternary nitrogens is 1. The van der Waals surface area contributed by atoms with Crippen molar-refractivity contribution in [3.63, 3.8) is 0 Å². The van der Waals surface area contributed by atoms with E-state index in [0.717, 1.165) is 16.6 Å². The zero-order valence-corrected chi connectivity index (χ0v) is 21.3. The third-order valence-corrected chi connectivity index (χ3v) is 10.8. The van der Waals surface area contributed by atoms with Crippen LogP contribution >= 0.6 is 0 Å². The van der Waals surface area contributed by atoms with Gasteiger partial charge < -0.3 is 21.9 Å². The van der Waals surface area contributed by atoms with Crippen LogP contribution in [-0.4, -0.2) is 88.6 Å². The van der Waals surface area contributed by atoms with E-state index < -0.39 is 39.9 Å². The van der Waals surface area contributed by atoms with E-state index in [1.54, 1.807) is 21.3 Å². The predicted octanol–water partition coefficient (Wildman–Crippen LogP) is 3.33. The van der Waals surface area contributed by atoms with Crippen LogP contribution in [0.3, 0.4) is 0 Å². The average molecular weight is 557 g/mol. The van der Waals surface area contributed by atoms with Crippen molar-refractivity contribution >= 4 is 28.9 Å². The van der Waals surface area contributed by atoms with Crippen LogP contribution in [0.5, 0.6) is 0 Å². The first-order valence-electron chi connectivity index (χ1n) is 9.74. The molecule has 9 nitrogen and oxygen atoms in total. The molecular weight excluding hydrogens is 526 g/mol. The highest BCUT2D eigenvalue weighted by Gasteiger charge is 2.47. The van der Waals surface area contributed by atoms with Gasteiger partial charge in [-0.2, -0.15) is 26.3 Å². The van der Waals surface area contributed by atoms with Crippen molar-refractivity contribution in [1.29, 1.82) is 0 Å². The molecule has 0 atom stereocenters. The van der Waals surface area contributed by atoms with Crippen molar-refractivity contribution in [1.82, 2.24) is 0 Å². The summed E-state index contributed by atoms with van der Waals surface area (Å²) < 4.78 is 127. The van der Waals surface area contributed by atoms with E-state index in [1.807, 2.05) is 0 Å². The Morgan fingerprint density at radius 3 is 1.52 bits per heavy atom. The van der Waals surface area contributed by atoms with Gasteiger partial charge >= 0.3 is 19.8 Å². The van der Waals surface area contributed by atoms with Crippen molar-refractivity contribution in [3.05, 3.63) is 4.13 Å². The van der Waals surface area contributed by atoms with Gasteiger partial charge in [-0.25, -0.2) is 16.8 Å². The second kappa shape index (κ2) is 12.5.